The Morgan fingerprint density at radius 1 is 1.00 bits per heavy atom. The maximum Gasteiger partial charge on any atom is 0.335 e. The van der Waals surface area contributed by atoms with Gasteiger partial charge in [0.25, 0.3) is 15.6 Å². The van der Waals surface area contributed by atoms with Gasteiger partial charge in [-0.15, -0.1) is 0 Å². The number of H-pyrrole nitrogens is 1. The van der Waals surface area contributed by atoms with Crippen molar-refractivity contribution in [2.75, 3.05) is 11.3 Å². The van der Waals surface area contributed by atoms with Gasteiger partial charge >= 0.3 is 5.69 Å². The zero-order valence-corrected chi connectivity index (χ0v) is 21.5. The van der Waals surface area contributed by atoms with Crippen LogP contribution in [0.2, 0.25) is 0 Å². The molecule has 0 unspecified atom stereocenters. The first-order chi connectivity index (χ1) is 18.2. The molecule has 0 radical (unpaired) electrons. The van der Waals surface area contributed by atoms with Gasteiger partial charge in [0.05, 0.1) is 22.9 Å². The molecular formula is C27H26N4O6S. The normalized spacial score (nSPS) is 11.5. The number of hydrogen-bond acceptors (Lipinski definition) is 7. The number of anilines is 1. The van der Waals surface area contributed by atoms with E-state index in [1.54, 1.807) is 36.4 Å². The van der Waals surface area contributed by atoms with Gasteiger partial charge in [-0.3, -0.25) is 19.5 Å². The first-order valence-electron chi connectivity index (χ1n) is 11.8. The van der Waals surface area contributed by atoms with Crippen LogP contribution in [0, 0.1) is 0 Å². The second kappa shape index (κ2) is 11.2. The number of rotatable bonds is 9. The zero-order chi connectivity index (χ0) is 27.3. The van der Waals surface area contributed by atoms with Crippen molar-refractivity contribution in [3.05, 3.63) is 105 Å². The van der Waals surface area contributed by atoms with Gasteiger partial charge in [-0.1, -0.05) is 25.1 Å². The fraction of sp³-hybridized carbons (Fsp3) is 0.148. The summed E-state index contributed by atoms with van der Waals surface area (Å²) in [6.07, 6.45) is 1.73. The summed E-state index contributed by atoms with van der Waals surface area (Å²) in [6.45, 7) is 4.27. The van der Waals surface area contributed by atoms with Crippen LogP contribution in [0.1, 0.15) is 25.0 Å². The van der Waals surface area contributed by atoms with Crippen molar-refractivity contribution in [2.24, 2.45) is 4.99 Å². The molecule has 0 atom stereocenters. The van der Waals surface area contributed by atoms with E-state index in [-0.39, 0.29) is 10.5 Å². The van der Waals surface area contributed by atoms with E-state index in [1.165, 1.54) is 24.3 Å². The molecule has 11 heteroatoms. The van der Waals surface area contributed by atoms with E-state index in [2.05, 4.69) is 14.7 Å². The highest BCUT2D eigenvalue weighted by molar-refractivity contribution is 7.92. The summed E-state index contributed by atoms with van der Waals surface area (Å²) in [5, 5.41) is 10.8. The van der Waals surface area contributed by atoms with Crippen LogP contribution in [0.3, 0.4) is 0 Å². The van der Waals surface area contributed by atoms with Crippen molar-refractivity contribution in [3.8, 4) is 17.3 Å². The monoisotopic (exact) mass is 534 g/mol. The second-order valence-electron chi connectivity index (χ2n) is 8.13. The van der Waals surface area contributed by atoms with Crippen LogP contribution in [-0.2, 0) is 16.4 Å². The van der Waals surface area contributed by atoms with E-state index in [0.717, 1.165) is 16.3 Å². The lowest BCUT2D eigenvalue weighted by atomic mass is 10.1. The summed E-state index contributed by atoms with van der Waals surface area (Å²) in [7, 11) is -3.86. The highest BCUT2D eigenvalue weighted by Crippen LogP contribution is 2.23. The van der Waals surface area contributed by atoms with Crippen molar-refractivity contribution < 1.29 is 18.3 Å². The molecule has 4 aromatic rings. The molecule has 4 rings (SSSR count). The Bertz CT molecular complexity index is 1690. The smallest absolute Gasteiger partial charge is 0.335 e. The molecule has 1 heterocycles. The molecule has 0 aliphatic carbocycles. The number of hydrogen-bond donors (Lipinski definition) is 3. The molecule has 3 N–H and O–H groups in total. The summed E-state index contributed by atoms with van der Waals surface area (Å²) in [6, 6.07) is 19.2. The predicted octanol–water partition coefficient (Wildman–Crippen LogP) is 3.74. The summed E-state index contributed by atoms with van der Waals surface area (Å²) in [5.74, 6) is 0.0784. The van der Waals surface area contributed by atoms with Crippen LogP contribution in [-0.4, -0.2) is 35.9 Å². The average molecular weight is 535 g/mol. The van der Waals surface area contributed by atoms with Crippen LogP contribution in [0.4, 0.5) is 11.4 Å². The van der Waals surface area contributed by atoms with Crippen molar-refractivity contribution >= 4 is 27.6 Å². The van der Waals surface area contributed by atoms with Crippen molar-refractivity contribution in [1.82, 2.24) is 9.55 Å². The molecule has 0 saturated carbocycles. The van der Waals surface area contributed by atoms with Crippen LogP contribution >= 0.6 is 0 Å². The largest absolute Gasteiger partial charge is 0.494 e. The Labute approximate surface area is 219 Å². The van der Waals surface area contributed by atoms with E-state index in [4.69, 9.17) is 4.74 Å². The van der Waals surface area contributed by atoms with Crippen LogP contribution in [0.15, 0.2) is 92.3 Å². The van der Waals surface area contributed by atoms with Gasteiger partial charge in [0, 0.05) is 11.9 Å². The summed E-state index contributed by atoms with van der Waals surface area (Å²) in [4.78, 5) is 31.3. The molecule has 0 amide bonds. The lowest BCUT2D eigenvalue weighted by Gasteiger charge is -2.13. The minimum Gasteiger partial charge on any atom is -0.494 e. The van der Waals surface area contributed by atoms with Crippen LogP contribution in [0.25, 0.3) is 5.69 Å². The van der Waals surface area contributed by atoms with E-state index in [1.807, 2.05) is 26.0 Å². The average Bonchev–Trinajstić information content (AvgIpc) is 2.90. The molecule has 0 fully saturated rings. The number of aliphatic imine (C=N–C) groups is 1. The van der Waals surface area contributed by atoms with Crippen molar-refractivity contribution in [2.45, 2.75) is 25.2 Å². The van der Waals surface area contributed by atoms with Gasteiger partial charge in [0.15, 0.2) is 0 Å². The number of aromatic amines is 1. The number of nitrogens with zero attached hydrogens (tertiary/aromatic N) is 2. The molecule has 0 aliphatic heterocycles. The van der Waals surface area contributed by atoms with E-state index in [0.29, 0.717) is 35.8 Å². The molecule has 10 nitrogen and oxygen atoms in total. The maximum atomic E-state index is 12.8. The fourth-order valence-corrected chi connectivity index (χ4v) is 4.82. The van der Waals surface area contributed by atoms with Crippen molar-refractivity contribution in [1.29, 1.82) is 0 Å². The van der Waals surface area contributed by atoms with E-state index in [9.17, 15) is 23.1 Å². The fourth-order valence-electron chi connectivity index (χ4n) is 3.76. The topological polar surface area (TPSA) is 143 Å². The lowest BCUT2D eigenvalue weighted by Crippen LogP contribution is -2.31. The Morgan fingerprint density at radius 2 is 1.68 bits per heavy atom. The number of aryl methyl sites for hydroxylation is 1. The minimum atomic E-state index is -3.86. The number of aromatic nitrogens is 2. The number of ether oxygens (including phenoxy) is 1. The molecule has 0 bridgehead atoms. The molecule has 0 aliphatic rings. The molecular weight excluding hydrogens is 508 g/mol. The Morgan fingerprint density at radius 3 is 2.34 bits per heavy atom. The molecule has 38 heavy (non-hydrogen) atoms. The van der Waals surface area contributed by atoms with Gasteiger partial charge in [-0.25, -0.2) is 17.8 Å². The van der Waals surface area contributed by atoms with E-state index >= 15 is 0 Å². The lowest BCUT2D eigenvalue weighted by molar-refractivity contribution is 0.340. The predicted molar refractivity (Wildman–Crippen MR) is 146 cm³/mol. The molecule has 3 aromatic carbocycles. The third kappa shape index (κ3) is 5.68. The number of para-hydroxylation sites is 1. The third-order valence-corrected chi connectivity index (χ3v) is 7.04. The third-order valence-electron chi connectivity index (χ3n) is 5.64. The molecule has 1 aromatic heterocycles. The number of nitrogens with one attached hydrogen (secondary N) is 2. The van der Waals surface area contributed by atoms with Gasteiger partial charge in [-0.2, -0.15) is 0 Å². The van der Waals surface area contributed by atoms with Gasteiger partial charge in [-0.05, 0) is 73.5 Å². The highest BCUT2D eigenvalue weighted by Gasteiger charge is 2.17. The number of aromatic hydroxyl groups is 1. The van der Waals surface area contributed by atoms with Crippen molar-refractivity contribution in [3.63, 3.8) is 0 Å². The Hall–Kier alpha value is -4.64. The summed E-state index contributed by atoms with van der Waals surface area (Å²) in [5.41, 5.74) is 0.152. The Kier molecular flexibility index (Phi) is 7.77. The van der Waals surface area contributed by atoms with Gasteiger partial charge in [0.2, 0.25) is 5.88 Å². The first-order valence-corrected chi connectivity index (χ1v) is 13.3. The Balaban J connectivity index is 1.58. The standard InChI is InChI=1S/C27H26N4O6S/c1-3-18-7-5-6-8-24(18)31-26(33)23(25(32)29-27(31)34)17-28-19-11-15-22(16-12-19)38(35,36)30-20-9-13-21(14-10-20)37-4-2/h5-17,30,33H,3-4H2,1-2H3,(H,29,32,34). The first kappa shape index (κ1) is 26.4. The SMILES string of the molecule is CCOc1ccc(NS(=O)(=O)c2ccc(N=Cc3c(O)n(-c4ccccc4CC)c(=O)[nH]c3=O)cc2)cc1. The highest BCUT2D eigenvalue weighted by atomic mass is 32.2. The molecule has 0 spiro atoms. The minimum absolute atomic E-state index is 0.00996. The number of sulfonamides is 1. The van der Waals surface area contributed by atoms with Crippen LogP contribution < -0.4 is 20.7 Å². The second-order valence-corrected chi connectivity index (χ2v) is 9.81. The van der Waals surface area contributed by atoms with Crippen LogP contribution in [0.5, 0.6) is 11.6 Å². The zero-order valence-electron chi connectivity index (χ0n) is 20.7. The molecule has 196 valence electrons. The maximum absolute atomic E-state index is 12.8. The number of benzene rings is 3. The van der Waals surface area contributed by atoms with Gasteiger partial charge < -0.3 is 9.84 Å². The quantitative estimate of drug-likeness (QED) is 0.279. The van der Waals surface area contributed by atoms with Gasteiger partial charge in [0.1, 0.15) is 11.3 Å². The summed E-state index contributed by atoms with van der Waals surface area (Å²) >= 11 is 0. The molecule has 0 saturated heterocycles. The summed E-state index contributed by atoms with van der Waals surface area (Å²) < 4.78 is 34.4. The van der Waals surface area contributed by atoms with E-state index < -0.39 is 27.2 Å².